The molecule has 0 fully saturated rings. The van der Waals surface area contributed by atoms with Gasteiger partial charge in [-0.2, -0.15) is 5.10 Å². The first kappa shape index (κ1) is 13.7. The van der Waals surface area contributed by atoms with Gasteiger partial charge in [-0.05, 0) is 49.3 Å². The Hall–Kier alpha value is -0.390. The zero-order chi connectivity index (χ0) is 12.2. The molecule has 0 bridgehead atoms. The maximum atomic E-state index is 10.5. The van der Waals surface area contributed by atoms with Crippen molar-refractivity contribution in [2.75, 3.05) is 13.6 Å². The van der Waals surface area contributed by atoms with Gasteiger partial charge >= 0.3 is 0 Å². The predicted molar refractivity (Wildman–Crippen MR) is 68.3 cm³/mol. The van der Waals surface area contributed by atoms with Crippen LogP contribution in [-0.2, 0) is 12.1 Å². The maximum absolute atomic E-state index is 10.5. The zero-order valence-corrected chi connectivity index (χ0v) is 11.7. The third kappa shape index (κ3) is 3.06. The number of aliphatic hydroxyl groups is 1. The first-order valence-electron chi connectivity index (χ1n) is 5.61. The number of nitrogens with zero attached hydrogens (tertiary/aromatic N) is 2. The summed E-state index contributed by atoms with van der Waals surface area (Å²) in [6.07, 6.45) is 3.42. The lowest BCUT2D eigenvalue weighted by Crippen LogP contribution is -2.30. The molecule has 4 nitrogen and oxygen atoms in total. The van der Waals surface area contributed by atoms with Crippen molar-refractivity contribution in [3.63, 3.8) is 0 Å². The van der Waals surface area contributed by atoms with E-state index in [9.17, 15) is 5.11 Å². The number of aryl methyl sites for hydroxylation is 1. The highest BCUT2D eigenvalue weighted by Gasteiger charge is 2.29. The van der Waals surface area contributed by atoms with Crippen LogP contribution in [0.4, 0.5) is 0 Å². The summed E-state index contributed by atoms with van der Waals surface area (Å²) in [5, 5.41) is 17.8. The summed E-state index contributed by atoms with van der Waals surface area (Å²) in [6, 6.07) is 0. The van der Waals surface area contributed by atoms with Gasteiger partial charge in [-0.3, -0.25) is 4.68 Å². The van der Waals surface area contributed by atoms with Crippen LogP contribution in [0.3, 0.4) is 0 Å². The maximum Gasteiger partial charge on any atom is 0.106 e. The minimum Gasteiger partial charge on any atom is -0.384 e. The van der Waals surface area contributed by atoms with E-state index in [1.807, 2.05) is 18.7 Å². The van der Waals surface area contributed by atoms with Crippen molar-refractivity contribution in [2.45, 2.75) is 38.8 Å². The van der Waals surface area contributed by atoms with Crippen LogP contribution in [0, 0.1) is 0 Å². The summed E-state index contributed by atoms with van der Waals surface area (Å²) in [6.45, 7) is 5.54. The second-order valence-electron chi connectivity index (χ2n) is 4.19. The predicted octanol–water partition coefficient (Wildman–Crippen LogP) is 1.87. The van der Waals surface area contributed by atoms with E-state index in [2.05, 4.69) is 33.3 Å². The second kappa shape index (κ2) is 5.80. The van der Waals surface area contributed by atoms with Crippen molar-refractivity contribution in [1.29, 1.82) is 0 Å². The molecule has 0 aliphatic rings. The van der Waals surface area contributed by atoms with Gasteiger partial charge in [0.25, 0.3) is 0 Å². The molecule has 0 radical (unpaired) electrons. The van der Waals surface area contributed by atoms with Crippen LogP contribution in [0.25, 0.3) is 0 Å². The molecule has 0 aliphatic carbocycles. The van der Waals surface area contributed by atoms with Crippen molar-refractivity contribution < 1.29 is 5.11 Å². The number of hydrogen-bond donors (Lipinski definition) is 2. The van der Waals surface area contributed by atoms with Crippen molar-refractivity contribution >= 4 is 15.9 Å². The quantitative estimate of drug-likeness (QED) is 0.841. The van der Waals surface area contributed by atoms with Crippen LogP contribution in [0.5, 0.6) is 0 Å². The van der Waals surface area contributed by atoms with Crippen LogP contribution in [0.15, 0.2) is 10.7 Å². The van der Waals surface area contributed by atoms with Crippen LogP contribution >= 0.6 is 15.9 Å². The number of halogens is 1. The van der Waals surface area contributed by atoms with Gasteiger partial charge in [0, 0.05) is 6.54 Å². The summed E-state index contributed by atoms with van der Waals surface area (Å²) < 4.78 is 2.75. The average Bonchev–Trinajstić information content (AvgIpc) is 2.58. The van der Waals surface area contributed by atoms with E-state index in [0.29, 0.717) is 6.42 Å². The monoisotopic (exact) mass is 289 g/mol. The highest BCUT2D eigenvalue weighted by atomic mass is 79.9. The standard InChI is InChI=1S/C11H20BrN3O/c1-4-7-15-10(9(12)8-14-15)11(2,16)5-6-13-3/h8,13,16H,4-7H2,1-3H3. The molecular weight excluding hydrogens is 270 g/mol. The van der Waals surface area contributed by atoms with E-state index in [1.54, 1.807) is 6.20 Å². The molecule has 1 aromatic rings. The molecule has 1 heterocycles. The number of nitrogens with one attached hydrogen (secondary N) is 1. The van der Waals surface area contributed by atoms with E-state index in [1.165, 1.54) is 0 Å². The SMILES string of the molecule is CCCn1ncc(Br)c1C(C)(O)CCNC. The Morgan fingerprint density at radius 2 is 2.31 bits per heavy atom. The van der Waals surface area contributed by atoms with Crippen LogP contribution in [0.2, 0.25) is 0 Å². The molecule has 5 heteroatoms. The molecule has 0 aromatic carbocycles. The van der Waals surface area contributed by atoms with Gasteiger partial charge in [0.05, 0.1) is 16.4 Å². The molecule has 1 atom stereocenters. The fourth-order valence-electron chi connectivity index (χ4n) is 1.77. The highest BCUT2D eigenvalue weighted by Crippen LogP contribution is 2.30. The highest BCUT2D eigenvalue weighted by molar-refractivity contribution is 9.10. The number of aromatic nitrogens is 2. The smallest absolute Gasteiger partial charge is 0.106 e. The number of hydrogen-bond acceptors (Lipinski definition) is 3. The van der Waals surface area contributed by atoms with Crippen LogP contribution in [0.1, 0.15) is 32.4 Å². The Kier molecular flexibility index (Phi) is 4.95. The Labute approximate surface area is 105 Å². The normalized spacial score (nSPS) is 15.1. The molecule has 0 amide bonds. The Morgan fingerprint density at radius 3 is 2.88 bits per heavy atom. The first-order valence-corrected chi connectivity index (χ1v) is 6.41. The molecule has 2 N–H and O–H groups in total. The van der Waals surface area contributed by atoms with Gasteiger partial charge in [-0.25, -0.2) is 0 Å². The van der Waals surface area contributed by atoms with Gasteiger partial charge in [0.2, 0.25) is 0 Å². The van der Waals surface area contributed by atoms with Crippen molar-refractivity contribution in [3.8, 4) is 0 Å². The lowest BCUT2D eigenvalue weighted by atomic mass is 9.98. The average molecular weight is 290 g/mol. The van der Waals surface area contributed by atoms with E-state index >= 15 is 0 Å². The molecule has 0 spiro atoms. The van der Waals surface area contributed by atoms with Crippen molar-refractivity contribution in [1.82, 2.24) is 15.1 Å². The molecule has 1 rings (SSSR count). The van der Waals surface area contributed by atoms with Gasteiger partial charge in [0.1, 0.15) is 5.60 Å². The minimum atomic E-state index is -0.854. The fourth-order valence-corrected chi connectivity index (χ4v) is 2.49. The summed E-state index contributed by atoms with van der Waals surface area (Å²) in [5.41, 5.74) is 0.0117. The summed E-state index contributed by atoms with van der Waals surface area (Å²) in [4.78, 5) is 0. The van der Waals surface area contributed by atoms with E-state index < -0.39 is 5.60 Å². The van der Waals surface area contributed by atoms with Gasteiger partial charge in [-0.1, -0.05) is 6.92 Å². The fraction of sp³-hybridized carbons (Fsp3) is 0.727. The molecule has 0 aliphatic heterocycles. The van der Waals surface area contributed by atoms with Gasteiger partial charge in [0.15, 0.2) is 0 Å². The lowest BCUT2D eigenvalue weighted by molar-refractivity contribution is 0.0382. The molecular formula is C11H20BrN3O. The minimum absolute atomic E-state index is 0.664. The molecule has 92 valence electrons. The summed E-state index contributed by atoms with van der Waals surface area (Å²) >= 11 is 3.45. The summed E-state index contributed by atoms with van der Waals surface area (Å²) in [7, 11) is 1.88. The molecule has 1 aromatic heterocycles. The van der Waals surface area contributed by atoms with Gasteiger partial charge in [-0.15, -0.1) is 0 Å². The van der Waals surface area contributed by atoms with Crippen LogP contribution < -0.4 is 5.32 Å². The zero-order valence-electron chi connectivity index (χ0n) is 10.1. The first-order chi connectivity index (χ1) is 7.53. The molecule has 1 unspecified atom stereocenters. The number of rotatable bonds is 6. The topological polar surface area (TPSA) is 50.1 Å². The summed E-state index contributed by atoms with van der Waals surface area (Å²) in [5.74, 6) is 0. The van der Waals surface area contributed by atoms with Gasteiger partial charge < -0.3 is 10.4 Å². The lowest BCUT2D eigenvalue weighted by Gasteiger charge is -2.25. The Bertz CT molecular complexity index is 336. The largest absolute Gasteiger partial charge is 0.384 e. The third-order valence-electron chi connectivity index (χ3n) is 2.60. The Balaban J connectivity index is 2.95. The molecule has 0 saturated heterocycles. The second-order valence-corrected chi connectivity index (χ2v) is 5.05. The van der Waals surface area contributed by atoms with Crippen molar-refractivity contribution in [2.24, 2.45) is 0 Å². The van der Waals surface area contributed by atoms with Crippen molar-refractivity contribution in [3.05, 3.63) is 16.4 Å². The van der Waals surface area contributed by atoms with Crippen LogP contribution in [-0.4, -0.2) is 28.5 Å². The molecule has 16 heavy (non-hydrogen) atoms. The third-order valence-corrected chi connectivity index (χ3v) is 3.18. The molecule has 0 saturated carbocycles. The van der Waals surface area contributed by atoms with E-state index in [4.69, 9.17) is 0 Å². The van der Waals surface area contributed by atoms with E-state index in [-0.39, 0.29) is 0 Å². The van der Waals surface area contributed by atoms with E-state index in [0.717, 1.165) is 29.7 Å². The Morgan fingerprint density at radius 1 is 1.62 bits per heavy atom.